The highest BCUT2D eigenvalue weighted by molar-refractivity contribution is 5.92. The van der Waals surface area contributed by atoms with Gasteiger partial charge >= 0.3 is 12.0 Å². The first-order valence-electron chi connectivity index (χ1n) is 14.8. The number of nitrogens with one attached hydrogen (secondary N) is 3. The first kappa shape index (κ1) is 34.9. The van der Waals surface area contributed by atoms with Crippen molar-refractivity contribution in [3.63, 3.8) is 0 Å². The first-order chi connectivity index (χ1) is 21.6. The van der Waals surface area contributed by atoms with Gasteiger partial charge in [0.15, 0.2) is 6.29 Å². The minimum Gasteiger partial charge on any atom is -0.481 e. The summed E-state index contributed by atoms with van der Waals surface area (Å²) in [6.07, 6.45) is 1.78. The molecule has 1 heterocycles. The number of carboxylic acids is 1. The molecule has 0 aliphatic rings. The van der Waals surface area contributed by atoms with Gasteiger partial charge in [-0.3, -0.25) is 24.8 Å². The second-order valence-electron chi connectivity index (χ2n) is 10.3. The Hall–Kier alpha value is -4.59. The van der Waals surface area contributed by atoms with Crippen LogP contribution in [0, 0.1) is 0 Å². The molecular formula is C32H42N6O7. The van der Waals surface area contributed by atoms with Crippen molar-refractivity contribution in [3.05, 3.63) is 78.1 Å². The lowest BCUT2D eigenvalue weighted by Gasteiger charge is -2.36. The molecule has 0 radical (unpaired) electrons. The Balaban J connectivity index is 1.77. The van der Waals surface area contributed by atoms with Crippen molar-refractivity contribution in [1.82, 2.24) is 31.0 Å². The Morgan fingerprint density at radius 3 is 2.29 bits per heavy atom. The predicted octanol–water partition coefficient (Wildman–Crippen LogP) is 2.66. The topological polar surface area (TPSA) is 162 Å². The lowest BCUT2D eigenvalue weighted by Crippen LogP contribution is -2.56. The Bertz CT molecular complexity index is 1410. The third-order valence-corrected chi connectivity index (χ3v) is 6.94. The highest BCUT2D eigenvalue weighted by Gasteiger charge is 2.35. The highest BCUT2D eigenvalue weighted by Crippen LogP contribution is 2.23. The van der Waals surface area contributed by atoms with Crippen molar-refractivity contribution in [2.24, 2.45) is 0 Å². The molecule has 4 amide bonds. The number of carbonyl (C=O) groups is 4. The van der Waals surface area contributed by atoms with Crippen molar-refractivity contribution < 1.29 is 33.8 Å². The van der Waals surface area contributed by atoms with Gasteiger partial charge in [0.1, 0.15) is 6.04 Å². The van der Waals surface area contributed by atoms with E-state index in [1.54, 1.807) is 31.5 Å². The molecule has 3 aromatic rings. The second-order valence-corrected chi connectivity index (χ2v) is 10.3. The zero-order chi connectivity index (χ0) is 32.8. The number of aliphatic carboxylic acids is 1. The van der Waals surface area contributed by atoms with Gasteiger partial charge in [-0.2, -0.15) is 0 Å². The van der Waals surface area contributed by atoms with E-state index in [9.17, 15) is 24.3 Å². The number of hydrogen-bond acceptors (Lipinski definition) is 8. The molecule has 242 valence electrons. The van der Waals surface area contributed by atoms with E-state index in [0.29, 0.717) is 13.2 Å². The van der Waals surface area contributed by atoms with Crippen LogP contribution in [-0.2, 0) is 36.9 Å². The van der Waals surface area contributed by atoms with E-state index >= 15 is 0 Å². The van der Waals surface area contributed by atoms with Crippen molar-refractivity contribution in [1.29, 1.82) is 0 Å². The number of pyridine rings is 1. The summed E-state index contributed by atoms with van der Waals surface area (Å²) in [4.78, 5) is 56.8. The van der Waals surface area contributed by atoms with Gasteiger partial charge in [-0.25, -0.2) is 9.80 Å². The van der Waals surface area contributed by atoms with Gasteiger partial charge in [-0.1, -0.05) is 42.5 Å². The highest BCUT2D eigenvalue weighted by atomic mass is 16.7. The lowest BCUT2D eigenvalue weighted by atomic mass is 10.0. The summed E-state index contributed by atoms with van der Waals surface area (Å²) in [5, 5.41) is 18.1. The van der Waals surface area contributed by atoms with Crippen LogP contribution in [-0.4, -0.2) is 89.0 Å². The molecule has 1 aromatic heterocycles. The van der Waals surface area contributed by atoms with Crippen LogP contribution in [0.3, 0.4) is 0 Å². The van der Waals surface area contributed by atoms with Crippen LogP contribution in [0.4, 0.5) is 4.79 Å². The van der Waals surface area contributed by atoms with E-state index in [0.717, 1.165) is 21.9 Å². The molecular weight excluding hydrogens is 580 g/mol. The van der Waals surface area contributed by atoms with Crippen LogP contribution >= 0.6 is 0 Å². The van der Waals surface area contributed by atoms with E-state index in [-0.39, 0.29) is 19.6 Å². The maximum Gasteiger partial charge on any atom is 0.329 e. The normalized spacial score (nSPS) is 12.5. The summed E-state index contributed by atoms with van der Waals surface area (Å²) in [6, 6.07) is 14.4. The number of nitrogens with zero attached hydrogens (tertiary/aromatic N) is 3. The second kappa shape index (κ2) is 17.6. The van der Waals surface area contributed by atoms with E-state index in [4.69, 9.17) is 9.47 Å². The van der Waals surface area contributed by atoms with Gasteiger partial charge in [-0.15, -0.1) is 0 Å². The van der Waals surface area contributed by atoms with E-state index in [1.807, 2.05) is 56.3 Å². The number of aromatic nitrogens is 1. The smallest absolute Gasteiger partial charge is 0.329 e. The van der Waals surface area contributed by atoms with Crippen LogP contribution < -0.4 is 16.1 Å². The van der Waals surface area contributed by atoms with Crippen LogP contribution in [0.25, 0.3) is 10.8 Å². The molecule has 2 unspecified atom stereocenters. The molecule has 13 nitrogen and oxygen atoms in total. The van der Waals surface area contributed by atoms with Crippen molar-refractivity contribution in [2.45, 2.75) is 58.7 Å². The number of ether oxygens (including phenoxy) is 2. The number of benzene rings is 2. The van der Waals surface area contributed by atoms with Gasteiger partial charge in [0, 0.05) is 45.7 Å². The molecule has 0 aliphatic heterocycles. The van der Waals surface area contributed by atoms with E-state index in [2.05, 4.69) is 21.0 Å². The summed E-state index contributed by atoms with van der Waals surface area (Å²) < 4.78 is 11.6. The average Bonchev–Trinajstić information content (AvgIpc) is 3.01. The largest absolute Gasteiger partial charge is 0.481 e. The molecule has 0 fully saturated rings. The molecule has 4 N–H and O–H groups in total. The Labute approximate surface area is 262 Å². The molecule has 0 saturated heterocycles. The average molecular weight is 623 g/mol. The maximum atomic E-state index is 14.1. The van der Waals surface area contributed by atoms with Crippen LogP contribution in [0.2, 0.25) is 0 Å². The fourth-order valence-corrected chi connectivity index (χ4v) is 4.80. The first-order valence-corrected chi connectivity index (χ1v) is 14.8. The number of fused-ring (bicyclic) bond motifs is 1. The number of hydrogen-bond donors (Lipinski definition) is 4. The molecule has 0 spiro atoms. The van der Waals surface area contributed by atoms with Crippen molar-refractivity contribution in [2.75, 3.05) is 26.8 Å². The fraction of sp³-hybridized carbons (Fsp3) is 0.406. The van der Waals surface area contributed by atoms with Gasteiger partial charge in [0.25, 0.3) is 0 Å². The summed E-state index contributed by atoms with van der Waals surface area (Å²) in [5.74, 6) is -2.53. The van der Waals surface area contributed by atoms with E-state index in [1.165, 1.54) is 17.0 Å². The van der Waals surface area contributed by atoms with E-state index < -0.39 is 48.6 Å². The number of rotatable bonds is 17. The molecule has 13 heteroatoms. The molecule has 0 bridgehead atoms. The van der Waals surface area contributed by atoms with Crippen molar-refractivity contribution >= 4 is 34.6 Å². The Morgan fingerprint density at radius 1 is 0.956 bits per heavy atom. The molecule has 45 heavy (non-hydrogen) atoms. The number of carboxylic acid groups (broad SMARTS) is 1. The number of amides is 4. The van der Waals surface area contributed by atoms with Gasteiger partial charge in [0.2, 0.25) is 11.8 Å². The molecule has 2 atom stereocenters. The third-order valence-electron chi connectivity index (χ3n) is 6.94. The summed E-state index contributed by atoms with van der Waals surface area (Å²) in [6.45, 7) is 6.07. The molecule has 3 rings (SSSR count). The zero-order valence-corrected chi connectivity index (χ0v) is 26.1. The van der Waals surface area contributed by atoms with Gasteiger partial charge in [-0.05, 0) is 54.8 Å². The van der Waals surface area contributed by atoms with Crippen LogP contribution in [0.15, 0.2) is 67.0 Å². The number of hydrazine groups is 1. The monoisotopic (exact) mass is 622 g/mol. The molecule has 0 aliphatic carbocycles. The van der Waals surface area contributed by atoms with Gasteiger partial charge in [0.05, 0.1) is 19.0 Å². The minimum atomic E-state index is -1.40. The summed E-state index contributed by atoms with van der Waals surface area (Å²) >= 11 is 0. The summed E-state index contributed by atoms with van der Waals surface area (Å²) in [5.41, 5.74) is 4.20. The number of likely N-dealkylation sites (N-methyl/N-ethyl adjacent to an activating group) is 1. The Morgan fingerprint density at radius 2 is 1.62 bits per heavy atom. The minimum absolute atomic E-state index is 0.114. The predicted molar refractivity (Wildman–Crippen MR) is 167 cm³/mol. The number of carbonyl (C=O) groups excluding carboxylic acids is 3. The van der Waals surface area contributed by atoms with Gasteiger partial charge < -0.3 is 30.1 Å². The standard InChI is InChI=1S/C32H42N6O7/c1-5-44-31(45-6-2)22(3)38(20-25-12-9-11-24-10-7-8-13-26(24)25)30(42)27(18-29(40)41)35-28(39)21-37(4)36-32(43)34-19-23-14-16-33-17-15-23/h7-17,22,27,31H,5-6,18-21H2,1-4H3,(H,35,39)(H,40,41)(H2,34,36,43). The van der Waals surface area contributed by atoms with Crippen molar-refractivity contribution in [3.8, 4) is 0 Å². The maximum absolute atomic E-state index is 14.1. The quantitative estimate of drug-likeness (QED) is 0.131. The van der Waals surface area contributed by atoms with Crippen LogP contribution in [0.1, 0.15) is 38.3 Å². The third kappa shape index (κ3) is 10.8. The SMILES string of the molecule is CCOC(OCC)C(C)N(Cc1cccc2ccccc12)C(=O)C(CC(=O)O)NC(=O)CN(C)NC(=O)NCc1ccncc1. The lowest BCUT2D eigenvalue weighted by molar-refractivity contribution is -0.180. The zero-order valence-electron chi connectivity index (χ0n) is 26.1. The molecule has 0 saturated carbocycles. The fourth-order valence-electron chi connectivity index (χ4n) is 4.80. The summed E-state index contributed by atoms with van der Waals surface area (Å²) in [7, 11) is 1.48. The number of urea groups is 1. The van der Waals surface area contributed by atoms with Crippen LogP contribution in [0.5, 0.6) is 0 Å². The Kier molecular flexibility index (Phi) is 13.7. The molecule has 2 aromatic carbocycles.